The van der Waals surface area contributed by atoms with Gasteiger partial charge in [0.05, 0.1) is 13.2 Å². The fourth-order valence-electron chi connectivity index (χ4n) is 2.36. The van der Waals surface area contributed by atoms with Crippen LogP contribution in [0.15, 0.2) is 0 Å². The Kier molecular flexibility index (Phi) is 5.32. The number of likely N-dealkylation sites (tertiary alicyclic amines) is 1. The Hall–Kier alpha value is -0.900. The first-order valence-corrected chi connectivity index (χ1v) is 6.72. The van der Waals surface area contributed by atoms with E-state index < -0.39 is 5.97 Å². The Morgan fingerprint density at radius 2 is 2.00 bits per heavy atom. The lowest BCUT2D eigenvalue weighted by molar-refractivity contribution is -0.145. The minimum atomic E-state index is -0.408. The fraction of sp³-hybridized carbons (Fsp3) is 0.857. The van der Waals surface area contributed by atoms with Gasteiger partial charge in [0.25, 0.3) is 0 Å². The molecule has 0 radical (unpaired) electrons. The third-order valence-corrected chi connectivity index (χ3v) is 3.54. The van der Waals surface area contributed by atoms with E-state index in [2.05, 4.69) is 25.7 Å². The van der Waals surface area contributed by atoms with Gasteiger partial charge in [-0.05, 0) is 31.2 Å². The minimum absolute atomic E-state index is 0.0389. The molecule has 0 aromatic rings. The summed E-state index contributed by atoms with van der Waals surface area (Å²) in [5.41, 5.74) is 0.291. The smallest absolute Gasteiger partial charge is 0.313 e. The Balaban J connectivity index is 2.32. The number of hydrogen-bond donors (Lipinski definition) is 0. The van der Waals surface area contributed by atoms with Crippen molar-refractivity contribution in [3.63, 3.8) is 0 Å². The van der Waals surface area contributed by atoms with Crippen molar-refractivity contribution in [2.75, 3.05) is 26.2 Å². The molecule has 18 heavy (non-hydrogen) atoms. The standard InChI is InChI=1S/C14H25NO3/c1-5-18-13(17)8-12(16)10-15-7-6-11(9-15)14(2,3)4/h11H,5-10H2,1-4H3. The first-order valence-electron chi connectivity index (χ1n) is 6.72. The molecule has 1 aliphatic heterocycles. The summed E-state index contributed by atoms with van der Waals surface area (Å²) >= 11 is 0. The first kappa shape index (κ1) is 15.2. The maximum Gasteiger partial charge on any atom is 0.313 e. The van der Waals surface area contributed by atoms with Crippen molar-refractivity contribution in [1.82, 2.24) is 4.90 Å². The average molecular weight is 255 g/mol. The lowest BCUT2D eigenvalue weighted by Gasteiger charge is -2.26. The van der Waals surface area contributed by atoms with Crippen LogP contribution in [0.1, 0.15) is 40.5 Å². The predicted octanol–water partition coefficient (Wildman–Crippen LogP) is 1.88. The van der Waals surface area contributed by atoms with E-state index in [1.165, 1.54) is 0 Å². The predicted molar refractivity (Wildman–Crippen MR) is 70.3 cm³/mol. The molecule has 0 amide bonds. The van der Waals surface area contributed by atoms with E-state index >= 15 is 0 Å². The first-order chi connectivity index (χ1) is 8.32. The second kappa shape index (κ2) is 6.32. The largest absolute Gasteiger partial charge is 0.466 e. The maximum atomic E-state index is 11.7. The molecule has 4 heteroatoms. The van der Waals surface area contributed by atoms with Gasteiger partial charge in [-0.3, -0.25) is 14.5 Å². The van der Waals surface area contributed by atoms with Gasteiger partial charge in [-0.25, -0.2) is 0 Å². The maximum absolute atomic E-state index is 11.7. The van der Waals surface area contributed by atoms with Crippen molar-refractivity contribution in [3.8, 4) is 0 Å². The Labute approximate surface area is 110 Å². The van der Waals surface area contributed by atoms with Gasteiger partial charge in [-0.2, -0.15) is 0 Å². The summed E-state index contributed by atoms with van der Waals surface area (Å²) in [6.45, 7) is 11.1. The van der Waals surface area contributed by atoms with E-state index in [1.54, 1.807) is 6.92 Å². The van der Waals surface area contributed by atoms with Crippen LogP contribution in [0, 0.1) is 11.3 Å². The highest BCUT2D eigenvalue weighted by molar-refractivity contribution is 5.96. The van der Waals surface area contributed by atoms with E-state index in [-0.39, 0.29) is 12.2 Å². The molecule has 1 saturated heterocycles. The molecule has 0 N–H and O–H groups in total. The second-order valence-corrected chi connectivity index (χ2v) is 6.11. The lowest BCUT2D eigenvalue weighted by Crippen LogP contribution is -2.31. The van der Waals surface area contributed by atoms with E-state index in [4.69, 9.17) is 4.74 Å². The Morgan fingerprint density at radius 1 is 1.33 bits per heavy atom. The number of Topliss-reactive ketones (excluding diaryl/α,β-unsaturated/α-hetero) is 1. The molecule has 0 aromatic heterocycles. The fourth-order valence-corrected chi connectivity index (χ4v) is 2.36. The number of ketones is 1. The molecule has 104 valence electrons. The lowest BCUT2D eigenvalue weighted by atomic mass is 9.80. The van der Waals surface area contributed by atoms with Gasteiger partial charge in [0, 0.05) is 6.54 Å². The van der Waals surface area contributed by atoms with Crippen LogP contribution < -0.4 is 0 Å². The highest BCUT2D eigenvalue weighted by Gasteiger charge is 2.32. The quantitative estimate of drug-likeness (QED) is 0.556. The zero-order valence-electron chi connectivity index (χ0n) is 12.0. The third kappa shape index (κ3) is 4.77. The van der Waals surface area contributed by atoms with Crippen LogP contribution in [-0.4, -0.2) is 42.9 Å². The van der Waals surface area contributed by atoms with E-state index in [0.717, 1.165) is 19.5 Å². The number of ether oxygens (including phenoxy) is 1. The second-order valence-electron chi connectivity index (χ2n) is 6.11. The molecule has 0 saturated carbocycles. The van der Waals surface area contributed by atoms with Crippen molar-refractivity contribution >= 4 is 11.8 Å². The highest BCUT2D eigenvalue weighted by atomic mass is 16.5. The van der Waals surface area contributed by atoms with Crippen LogP contribution in [0.3, 0.4) is 0 Å². The van der Waals surface area contributed by atoms with Crippen molar-refractivity contribution in [3.05, 3.63) is 0 Å². The van der Waals surface area contributed by atoms with Gasteiger partial charge < -0.3 is 4.74 Å². The van der Waals surface area contributed by atoms with Gasteiger partial charge in [0.1, 0.15) is 6.42 Å². The molecule has 0 bridgehead atoms. The highest BCUT2D eigenvalue weighted by Crippen LogP contribution is 2.33. The Morgan fingerprint density at radius 3 is 2.50 bits per heavy atom. The zero-order chi connectivity index (χ0) is 13.8. The van der Waals surface area contributed by atoms with Crippen molar-refractivity contribution in [2.45, 2.75) is 40.5 Å². The van der Waals surface area contributed by atoms with E-state index in [0.29, 0.717) is 24.5 Å². The van der Waals surface area contributed by atoms with Crippen LogP contribution in [0.2, 0.25) is 0 Å². The number of hydrogen-bond acceptors (Lipinski definition) is 4. The summed E-state index contributed by atoms with van der Waals surface area (Å²) in [5, 5.41) is 0. The normalized spacial score (nSPS) is 21.0. The monoisotopic (exact) mass is 255 g/mol. The summed E-state index contributed by atoms with van der Waals surface area (Å²) in [7, 11) is 0. The Bertz CT molecular complexity index is 307. The van der Waals surface area contributed by atoms with E-state index in [9.17, 15) is 9.59 Å². The molecule has 1 fully saturated rings. The van der Waals surface area contributed by atoms with Crippen LogP contribution in [0.5, 0.6) is 0 Å². The summed E-state index contributed by atoms with van der Waals surface area (Å²) in [6, 6.07) is 0. The van der Waals surface area contributed by atoms with Crippen molar-refractivity contribution in [1.29, 1.82) is 0 Å². The number of rotatable bonds is 5. The summed E-state index contributed by atoms with van der Waals surface area (Å²) < 4.78 is 4.77. The van der Waals surface area contributed by atoms with Gasteiger partial charge in [-0.15, -0.1) is 0 Å². The topological polar surface area (TPSA) is 46.6 Å². The zero-order valence-corrected chi connectivity index (χ0v) is 12.0. The molecule has 1 unspecified atom stereocenters. The number of nitrogens with zero attached hydrogens (tertiary/aromatic N) is 1. The molecule has 1 aliphatic rings. The molecular weight excluding hydrogens is 230 g/mol. The number of carbonyl (C=O) groups is 2. The van der Waals surface area contributed by atoms with Gasteiger partial charge in [0.2, 0.25) is 0 Å². The number of carbonyl (C=O) groups excluding carboxylic acids is 2. The average Bonchev–Trinajstić information content (AvgIpc) is 2.65. The third-order valence-electron chi connectivity index (χ3n) is 3.54. The van der Waals surface area contributed by atoms with Gasteiger partial charge >= 0.3 is 5.97 Å². The molecule has 0 aliphatic carbocycles. The van der Waals surface area contributed by atoms with Gasteiger partial charge in [0.15, 0.2) is 5.78 Å². The van der Waals surface area contributed by atoms with Crippen LogP contribution >= 0.6 is 0 Å². The molecular formula is C14H25NO3. The molecule has 4 nitrogen and oxygen atoms in total. The molecule has 1 heterocycles. The van der Waals surface area contributed by atoms with Crippen LogP contribution in [0.4, 0.5) is 0 Å². The molecule has 1 atom stereocenters. The SMILES string of the molecule is CCOC(=O)CC(=O)CN1CCC(C(C)(C)C)C1. The minimum Gasteiger partial charge on any atom is -0.466 e. The summed E-state index contributed by atoms with van der Waals surface area (Å²) in [6.07, 6.45) is 1.04. The molecule has 0 aromatic carbocycles. The van der Waals surface area contributed by atoms with Crippen molar-refractivity contribution < 1.29 is 14.3 Å². The van der Waals surface area contributed by atoms with Crippen LogP contribution in [-0.2, 0) is 14.3 Å². The summed E-state index contributed by atoms with van der Waals surface area (Å²) in [4.78, 5) is 25.0. The molecule has 0 spiro atoms. The van der Waals surface area contributed by atoms with Gasteiger partial charge in [-0.1, -0.05) is 20.8 Å². The van der Waals surface area contributed by atoms with Crippen molar-refractivity contribution in [2.24, 2.45) is 11.3 Å². The molecule has 1 rings (SSSR count). The summed E-state index contributed by atoms with van der Waals surface area (Å²) in [5.74, 6) is 0.185. The van der Waals surface area contributed by atoms with E-state index in [1.807, 2.05) is 0 Å². The number of esters is 1. The van der Waals surface area contributed by atoms with Crippen LogP contribution in [0.25, 0.3) is 0 Å².